The number of nitrogens with one attached hydrogen (secondary N) is 1. The molecule has 2 aliphatic heterocycles. The number of carbonyl (C=O) groups excluding carboxylic acids is 1. The lowest BCUT2D eigenvalue weighted by atomic mass is 10.2. The zero-order valence-corrected chi connectivity index (χ0v) is 19.6. The van der Waals surface area contributed by atoms with Gasteiger partial charge in [0.1, 0.15) is 5.60 Å². The van der Waals surface area contributed by atoms with Crippen LogP contribution in [0.3, 0.4) is 0 Å². The van der Waals surface area contributed by atoms with Crippen LogP contribution in [0.15, 0.2) is 0 Å². The van der Waals surface area contributed by atoms with E-state index in [4.69, 9.17) is 14.2 Å². The molecule has 2 aliphatic rings. The summed E-state index contributed by atoms with van der Waals surface area (Å²) in [6.07, 6.45) is 9.13. The third-order valence-corrected chi connectivity index (χ3v) is 5.08. The van der Waals surface area contributed by atoms with Crippen LogP contribution < -0.4 is 5.32 Å². The minimum atomic E-state index is -0.423. The van der Waals surface area contributed by atoms with Crippen molar-refractivity contribution in [1.29, 1.82) is 0 Å². The number of hydrogen-bond acceptors (Lipinski definition) is 5. The maximum absolute atomic E-state index is 12.0. The van der Waals surface area contributed by atoms with Gasteiger partial charge in [-0.1, -0.05) is 26.7 Å². The molecule has 0 aliphatic carbocycles. The lowest BCUT2D eigenvalue weighted by molar-refractivity contribution is 0.0104. The highest BCUT2D eigenvalue weighted by molar-refractivity contribution is 5.68. The standard InChI is InChI=1S/C14H27NO3.C9H19NO/c1-5-6-10-17-11-12-8-7-9-15(12)13(16)18-14(2,3)4;1-2-3-7-11-8-9-5-4-6-10-9/h12H,5-11H2,1-4H3;9-10H,2-8H2,1H3/t12-;9-/m00/s1. The van der Waals surface area contributed by atoms with Crippen molar-refractivity contribution in [3.63, 3.8) is 0 Å². The highest BCUT2D eigenvalue weighted by Crippen LogP contribution is 2.21. The average molecular weight is 415 g/mol. The molecule has 1 N–H and O–H groups in total. The summed E-state index contributed by atoms with van der Waals surface area (Å²) >= 11 is 0. The minimum absolute atomic E-state index is 0.191. The fourth-order valence-electron chi connectivity index (χ4n) is 3.41. The van der Waals surface area contributed by atoms with Crippen molar-refractivity contribution in [3.05, 3.63) is 0 Å². The van der Waals surface area contributed by atoms with Crippen molar-refractivity contribution in [3.8, 4) is 0 Å². The Balaban J connectivity index is 0.000000326. The predicted molar refractivity (Wildman–Crippen MR) is 118 cm³/mol. The number of amides is 1. The molecule has 2 atom stereocenters. The molecule has 0 saturated carbocycles. The molecule has 0 unspecified atom stereocenters. The Morgan fingerprint density at radius 1 is 1.00 bits per heavy atom. The Morgan fingerprint density at radius 2 is 1.66 bits per heavy atom. The number of carbonyl (C=O) groups is 1. The van der Waals surface area contributed by atoms with Gasteiger partial charge in [-0.15, -0.1) is 0 Å². The van der Waals surface area contributed by atoms with E-state index in [9.17, 15) is 4.79 Å². The van der Waals surface area contributed by atoms with Crippen molar-refractivity contribution in [2.75, 3.05) is 39.5 Å². The van der Waals surface area contributed by atoms with Crippen LogP contribution in [0.25, 0.3) is 0 Å². The van der Waals surface area contributed by atoms with Crippen LogP contribution in [0, 0.1) is 0 Å². The predicted octanol–water partition coefficient (Wildman–Crippen LogP) is 4.76. The van der Waals surface area contributed by atoms with Gasteiger partial charge in [0, 0.05) is 25.8 Å². The molecule has 0 bridgehead atoms. The van der Waals surface area contributed by atoms with E-state index in [-0.39, 0.29) is 12.1 Å². The molecule has 0 aromatic rings. The van der Waals surface area contributed by atoms with E-state index in [2.05, 4.69) is 19.2 Å². The number of rotatable bonds is 10. The van der Waals surface area contributed by atoms with Gasteiger partial charge >= 0.3 is 6.09 Å². The molecule has 1 amide bonds. The Kier molecular flexibility index (Phi) is 13.6. The van der Waals surface area contributed by atoms with Gasteiger partial charge in [0.15, 0.2) is 0 Å². The highest BCUT2D eigenvalue weighted by atomic mass is 16.6. The number of unbranched alkanes of at least 4 members (excludes halogenated alkanes) is 2. The Bertz CT molecular complexity index is 420. The quantitative estimate of drug-likeness (QED) is 0.522. The van der Waals surface area contributed by atoms with Gasteiger partial charge in [0.05, 0.1) is 19.3 Å². The van der Waals surface area contributed by atoms with Gasteiger partial charge in [0.2, 0.25) is 0 Å². The zero-order chi connectivity index (χ0) is 21.5. The monoisotopic (exact) mass is 414 g/mol. The van der Waals surface area contributed by atoms with Crippen LogP contribution in [0.1, 0.15) is 86.0 Å². The molecule has 0 spiro atoms. The molecule has 6 nitrogen and oxygen atoms in total. The van der Waals surface area contributed by atoms with Gasteiger partial charge in [-0.2, -0.15) is 0 Å². The second-order valence-corrected chi connectivity index (χ2v) is 9.12. The van der Waals surface area contributed by atoms with Crippen LogP contribution in [-0.4, -0.2) is 68.2 Å². The summed E-state index contributed by atoms with van der Waals surface area (Å²) in [7, 11) is 0. The summed E-state index contributed by atoms with van der Waals surface area (Å²) in [5.41, 5.74) is -0.423. The van der Waals surface area contributed by atoms with E-state index in [1.807, 2.05) is 25.7 Å². The molecule has 2 fully saturated rings. The zero-order valence-electron chi connectivity index (χ0n) is 19.6. The normalized spacial score (nSPS) is 21.8. The Labute approximate surface area is 179 Å². The number of nitrogens with zero attached hydrogens (tertiary/aromatic N) is 1. The number of hydrogen-bond donors (Lipinski definition) is 1. The maximum Gasteiger partial charge on any atom is 0.410 e. The largest absolute Gasteiger partial charge is 0.444 e. The van der Waals surface area contributed by atoms with E-state index in [1.54, 1.807) is 0 Å². The topological polar surface area (TPSA) is 60.0 Å². The van der Waals surface area contributed by atoms with E-state index >= 15 is 0 Å². The van der Waals surface area contributed by atoms with Crippen molar-refractivity contribution in [1.82, 2.24) is 10.2 Å². The summed E-state index contributed by atoms with van der Waals surface area (Å²) in [6, 6.07) is 0.837. The first-order valence-electron chi connectivity index (χ1n) is 11.8. The van der Waals surface area contributed by atoms with Gasteiger partial charge < -0.3 is 24.4 Å². The highest BCUT2D eigenvalue weighted by Gasteiger charge is 2.32. The fraction of sp³-hybridized carbons (Fsp3) is 0.957. The summed E-state index contributed by atoms with van der Waals surface area (Å²) in [6.45, 7) is 15.3. The molecule has 2 saturated heterocycles. The van der Waals surface area contributed by atoms with Gasteiger partial charge in [-0.25, -0.2) is 4.79 Å². The summed E-state index contributed by atoms with van der Waals surface area (Å²) in [5, 5.41) is 3.41. The molecule has 2 heterocycles. The Morgan fingerprint density at radius 3 is 2.21 bits per heavy atom. The average Bonchev–Trinajstić information content (AvgIpc) is 3.33. The molecule has 0 radical (unpaired) electrons. The van der Waals surface area contributed by atoms with Gasteiger partial charge in [-0.05, 0) is 65.8 Å². The molecule has 6 heteroatoms. The Hall–Kier alpha value is -0.850. The summed E-state index contributed by atoms with van der Waals surface area (Å²) < 4.78 is 16.5. The SMILES string of the molecule is CCCCOC[C@@H]1CCCN1.CCCCOC[C@@H]1CCCN1C(=O)OC(C)(C)C. The molecule has 0 aromatic heterocycles. The first-order chi connectivity index (χ1) is 13.9. The molecule has 29 heavy (non-hydrogen) atoms. The summed E-state index contributed by atoms with van der Waals surface area (Å²) in [4.78, 5) is 13.8. The molecular formula is C23H46N2O4. The lowest BCUT2D eigenvalue weighted by Crippen LogP contribution is -2.41. The van der Waals surface area contributed by atoms with Crippen LogP contribution >= 0.6 is 0 Å². The van der Waals surface area contributed by atoms with Crippen molar-refractivity contribution >= 4 is 6.09 Å². The van der Waals surface area contributed by atoms with E-state index in [1.165, 1.54) is 32.2 Å². The molecule has 2 rings (SSSR count). The molecule has 172 valence electrons. The smallest absolute Gasteiger partial charge is 0.410 e. The lowest BCUT2D eigenvalue weighted by Gasteiger charge is -2.28. The van der Waals surface area contributed by atoms with Crippen LogP contribution in [0.4, 0.5) is 4.79 Å². The van der Waals surface area contributed by atoms with E-state index < -0.39 is 5.60 Å². The second kappa shape index (κ2) is 15.0. The van der Waals surface area contributed by atoms with Crippen molar-refractivity contribution in [2.24, 2.45) is 0 Å². The molecular weight excluding hydrogens is 368 g/mol. The van der Waals surface area contributed by atoms with Gasteiger partial charge in [0.25, 0.3) is 0 Å². The first-order valence-corrected chi connectivity index (χ1v) is 11.8. The van der Waals surface area contributed by atoms with Crippen molar-refractivity contribution < 1.29 is 19.0 Å². The van der Waals surface area contributed by atoms with Gasteiger partial charge in [-0.3, -0.25) is 0 Å². The number of likely N-dealkylation sites (tertiary alicyclic amines) is 1. The van der Waals surface area contributed by atoms with Crippen LogP contribution in [0.5, 0.6) is 0 Å². The summed E-state index contributed by atoms with van der Waals surface area (Å²) in [5.74, 6) is 0. The third kappa shape index (κ3) is 12.4. The molecule has 0 aromatic carbocycles. The van der Waals surface area contributed by atoms with E-state index in [0.717, 1.165) is 52.0 Å². The van der Waals surface area contributed by atoms with Crippen molar-refractivity contribution in [2.45, 2.75) is 104 Å². The fourth-order valence-corrected chi connectivity index (χ4v) is 3.41. The number of ether oxygens (including phenoxy) is 3. The van der Waals surface area contributed by atoms with Crippen LogP contribution in [0.2, 0.25) is 0 Å². The van der Waals surface area contributed by atoms with Crippen LogP contribution in [-0.2, 0) is 14.2 Å². The second-order valence-electron chi connectivity index (χ2n) is 9.12. The third-order valence-electron chi connectivity index (χ3n) is 5.08. The maximum atomic E-state index is 12.0. The first kappa shape index (κ1) is 26.2. The van der Waals surface area contributed by atoms with E-state index in [0.29, 0.717) is 12.6 Å². The minimum Gasteiger partial charge on any atom is -0.444 e.